The number of aliphatic carboxylic acids is 1. The van der Waals surface area contributed by atoms with Crippen molar-refractivity contribution in [3.8, 4) is 0 Å². The molecular formula is C7H15NO4. The summed E-state index contributed by atoms with van der Waals surface area (Å²) in [5.74, 6) is -0.981. The van der Waals surface area contributed by atoms with E-state index in [2.05, 4.69) is 6.58 Å². The van der Waals surface area contributed by atoms with Crippen LogP contribution >= 0.6 is 0 Å². The van der Waals surface area contributed by atoms with E-state index in [0.29, 0.717) is 19.8 Å². The van der Waals surface area contributed by atoms with Crippen molar-refractivity contribution in [2.45, 2.75) is 0 Å². The molecule has 0 atom stereocenters. The van der Waals surface area contributed by atoms with Crippen LogP contribution in [0.2, 0.25) is 0 Å². The molecule has 0 aliphatic rings. The first-order valence-electron chi connectivity index (χ1n) is 3.43. The highest BCUT2D eigenvalue weighted by Crippen LogP contribution is 1.66. The lowest BCUT2D eigenvalue weighted by atomic mass is 10.7. The molecule has 0 rings (SSSR count). The largest absolute Gasteiger partial charge is 0.478 e. The van der Waals surface area contributed by atoms with Crippen LogP contribution in [0.4, 0.5) is 0 Å². The zero-order chi connectivity index (χ0) is 9.82. The minimum atomic E-state index is -0.981. The fraction of sp³-hybridized carbons (Fsp3) is 0.571. The quantitative estimate of drug-likeness (QED) is 0.378. The lowest BCUT2D eigenvalue weighted by Gasteiger charge is -1.95. The van der Waals surface area contributed by atoms with Crippen LogP contribution in [0.5, 0.6) is 0 Å². The van der Waals surface area contributed by atoms with Crippen LogP contribution in [-0.4, -0.2) is 42.5 Å². The van der Waals surface area contributed by atoms with E-state index in [-0.39, 0.29) is 6.61 Å². The van der Waals surface area contributed by atoms with Crippen LogP contribution < -0.4 is 5.73 Å². The molecule has 0 saturated heterocycles. The molecule has 0 radical (unpaired) electrons. The summed E-state index contributed by atoms with van der Waals surface area (Å²) in [6.07, 6.45) is 0.833. The summed E-state index contributed by atoms with van der Waals surface area (Å²) in [5.41, 5.74) is 5.06. The summed E-state index contributed by atoms with van der Waals surface area (Å²) in [4.78, 5) is 9.25. The molecule has 0 aromatic rings. The van der Waals surface area contributed by atoms with E-state index in [9.17, 15) is 4.79 Å². The van der Waals surface area contributed by atoms with Gasteiger partial charge in [0.2, 0.25) is 0 Å². The second-order valence-electron chi connectivity index (χ2n) is 1.67. The van der Waals surface area contributed by atoms with Crippen LogP contribution in [0.1, 0.15) is 0 Å². The van der Waals surface area contributed by atoms with E-state index < -0.39 is 5.97 Å². The molecule has 72 valence electrons. The van der Waals surface area contributed by atoms with Gasteiger partial charge in [-0.3, -0.25) is 0 Å². The Balaban J connectivity index is 0. The molecule has 12 heavy (non-hydrogen) atoms. The first kappa shape index (κ1) is 13.7. The third-order valence-electron chi connectivity index (χ3n) is 0.672. The van der Waals surface area contributed by atoms with Gasteiger partial charge >= 0.3 is 5.97 Å². The predicted molar refractivity (Wildman–Crippen MR) is 44.8 cm³/mol. The summed E-state index contributed by atoms with van der Waals surface area (Å²) in [6.45, 7) is 4.51. The Hall–Kier alpha value is -0.910. The Morgan fingerprint density at radius 1 is 1.58 bits per heavy atom. The molecule has 0 amide bonds. The summed E-state index contributed by atoms with van der Waals surface area (Å²) in [6, 6.07) is 0. The standard InChI is InChI=1S/C4H11NO2.C3H4O2/c5-1-3-7-4-2-6;1-2-3(4)5/h6H,1-5H2;2H,1H2,(H,4,5). The SMILES string of the molecule is C=CC(=O)O.NCCOCCO. The zero-order valence-electron chi connectivity index (χ0n) is 6.90. The van der Waals surface area contributed by atoms with Gasteiger partial charge in [0.05, 0.1) is 19.8 Å². The van der Waals surface area contributed by atoms with Crippen molar-refractivity contribution >= 4 is 5.97 Å². The predicted octanol–water partition coefficient (Wildman–Crippen LogP) is -0.789. The highest BCUT2D eigenvalue weighted by atomic mass is 16.5. The molecule has 0 heterocycles. The van der Waals surface area contributed by atoms with Crippen molar-refractivity contribution in [2.75, 3.05) is 26.4 Å². The number of hydrogen-bond acceptors (Lipinski definition) is 4. The van der Waals surface area contributed by atoms with E-state index in [0.717, 1.165) is 6.08 Å². The Morgan fingerprint density at radius 2 is 2.08 bits per heavy atom. The third-order valence-corrected chi connectivity index (χ3v) is 0.672. The smallest absolute Gasteiger partial charge is 0.327 e. The van der Waals surface area contributed by atoms with Gasteiger partial charge in [-0.05, 0) is 0 Å². The monoisotopic (exact) mass is 177 g/mol. The van der Waals surface area contributed by atoms with Crippen LogP contribution in [0.3, 0.4) is 0 Å². The first-order valence-corrected chi connectivity index (χ1v) is 3.43. The van der Waals surface area contributed by atoms with Crippen molar-refractivity contribution in [3.63, 3.8) is 0 Å². The summed E-state index contributed by atoms with van der Waals surface area (Å²) >= 11 is 0. The van der Waals surface area contributed by atoms with Gasteiger partial charge in [-0.2, -0.15) is 0 Å². The normalized spacial score (nSPS) is 8.17. The minimum Gasteiger partial charge on any atom is -0.478 e. The van der Waals surface area contributed by atoms with Gasteiger partial charge < -0.3 is 20.7 Å². The lowest BCUT2D eigenvalue weighted by Crippen LogP contribution is -2.10. The summed E-state index contributed by atoms with van der Waals surface area (Å²) < 4.78 is 4.76. The second-order valence-corrected chi connectivity index (χ2v) is 1.67. The molecule has 0 spiro atoms. The van der Waals surface area contributed by atoms with Gasteiger partial charge in [0.1, 0.15) is 0 Å². The third kappa shape index (κ3) is 23.0. The van der Waals surface area contributed by atoms with E-state index in [1.54, 1.807) is 0 Å². The van der Waals surface area contributed by atoms with Crippen LogP contribution in [-0.2, 0) is 9.53 Å². The van der Waals surface area contributed by atoms with Crippen molar-refractivity contribution < 1.29 is 19.7 Å². The maximum absolute atomic E-state index is 9.25. The van der Waals surface area contributed by atoms with Gasteiger partial charge in [-0.25, -0.2) is 4.79 Å². The van der Waals surface area contributed by atoms with Crippen molar-refractivity contribution in [1.82, 2.24) is 0 Å². The average Bonchev–Trinajstić information content (AvgIpc) is 2.07. The summed E-state index contributed by atoms with van der Waals surface area (Å²) in [7, 11) is 0. The molecular weight excluding hydrogens is 162 g/mol. The second kappa shape index (κ2) is 12.7. The van der Waals surface area contributed by atoms with E-state index in [1.807, 2.05) is 0 Å². The zero-order valence-corrected chi connectivity index (χ0v) is 6.90. The van der Waals surface area contributed by atoms with Gasteiger partial charge in [-0.1, -0.05) is 6.58 Å². The topological polar surface area (TPSA) is 92.8 Å². The molecule has 4 N–H and O–H groups in total. The number of hydrogen-bond donors (Lipinski definition) is 3. The molecule has 0 bridgehead atoms. The van der Waals surface area contributed by atoms with E-state index >= 15 is 0 Å². The first-order chi connectivity index (χ1) is 5.68. The van der Waals surface area contributed by atoms with Crippen LogP contribution in [0.15, 0.2) is 12.7 Å². The van der Waals surface area contributed by atoms with Crippen LogP contribution in [0, 0.1) is 0 Å². The molecule has 0 aromatic carbocycles. The van der Waals surface area contributed by atoms with E-state index in [4.69, 9.17) is 20.7 Å². The van der Waals surface area contributed by atoms with Gasteiger partial charge in [0, 0.05) is 12.6 Å². The number of nitrogens with two attached hydrogens (primary N) is 1. The van der Waals surface area contributed by atoms with Crippen molar-refractivity contribution in [2.24, 2.45) is 5.73 Å². The molecule has 0 aliphatic carbocycles. The Kier molecular flexibility index (Phi) is 14.5. The van der Waals surface area contributed by atoms with Crippen LogP contribution in [0.25, 0.3) is 0 Å². The van der Waals surface area contributed by atoms with Gasteiger partial charge in [0.15, 0.2) is 0 Å². The maximum Gasteiger partial charge on any atom is 0.327 e. The fourth-order valence-electron chi connectivity index (χ4n) is 0.250. The molecule has 5 nitrogen and oxygen atoms in total. The number of aliphatic hydroxyl groups is 1. The summed E-state index contributed by atoms with van der Waals surface area (Å²) in [5, 5.41) is 15.7. The number of carboxylic acid groups (broad SMARTS) is 1. The van der Waals surface area contributed by atoms with Gasteiger partial charge in [-0.15, -0.1) is 0 Å². The lowest BCUT2D eigenvalue weighted by molar-refractivity contribution is -0.131. The number of aliphatic hydroxyl groups excluding tert-OH is 1. The molecule has 0 aliphatic heterocycles. The number of rotatable bonds is 5. The molecule has 0 fully saturated rings. The molecule has 0 aromatic heterocycles. The molecule has 0 saturated carbocycles. The Bertz CT molecular complexity index is 112. The Labute approximate surface area is 71.4 Å². The highest BCUT2D eigenvalue weighted by Gasteiger charge is 1.78. The minimum absolute atomic E-state index is 0.0833. The molecule has 0 unspecified atom stereocenters. The Morgan fingerprint density at radius 3 is 2.33 bits per heavy atom. The number of carboxylic acids is 1. The maximum atomic E-state index is 9.25. The highest BCUT2D eigenvalue weighted by molar-refractivity contribution is 5.78. The van der Waals surface area contributed by atoms with Crippen molar-refractivity contribution in [3.05, 3.63) is 12.7 Å². The van der Waals surface area contributed by atoms with E-state index in [1.165, 1.54) is 0 Å². The molecule has 5 heteroatoms. The van der Waals surface area contributed by atoms with Gasteiger partial charge in [0.25, 0.3) is 0 Å². The fourth-order valence-corrected chi connectivity index (χ4v) is 0.250. The number of carbonyl (C=O) groups is 1. The van der Waals surface area contributed by atoms with Crippen molar-refractivity contribution in [1.29, 1.82) is 0 Å². The average molecular weight is 177 g/mol. The number of ether oxygens (including phenoxy) is 1.